The van der Waals surface area contributed by atoms with Crippen molar-refractivity contribution in [1.29, 1.82) is 0 Å². The fraction of sp³-hybridized carbons (Fsp3) is 0.350. The number of rotatable bonds is 8. The highest BCUT2D eigenvalue weighted by Gasteiger charge is 2.11. The topological polar surface area (TPSA) is 79.8 Å². The zero-order valence-electron chi connectivity index (χ0n) is 16.3. The molecule has 0 unspecified atom stereocenters. The van der Waals surface area contributed by atoms with Gasteiger partial charge in [-0.05, 0) is 47.4 Å². The van der Waals surface area contributed by atoms with Crippen LogP contribution >= 0.6 is 0 Å². The van der Waals surface area contributed by atoms with Crippen molar-refractivity contribution in [3.8, 4) is 5.75 Å². The molecule has 0 atom stereocenters. The van der Waals surface area contributed by atoms with Crippen molar-refractivity contribution in [2.75, 3.05) is 27.0 Å². The molecule has 0 saturated heterocycles. The van der Waals surface area contributed by atoms with Crippen LogP contribution in [0.15, 0.2) is 47.5 Å². The van der Waals surface area contributed by atoms with E-state index >= 15 is 0 Å². The first-order valence-corrected chi connectivity index (χ1v) is 10.9. The van der Waals surface area contributed by atoms with Crippen LogP contribution in [0.5, 0.6) is 5.75 Å². The summed E-state index contributed by atoms with van der Waals surface area (Å²) in [6, 6.07) is 11.9. The maximum atomic E-state index is 13.6. The van der Waals surface area contributed by atoms with Crippen LogP contribution in [0.25, 0.3) is 0 Å². The van der Waals surface area contributed by atoms with Gasteiger partial charge in [0.1, 0.15) is 11.6 Å². The molecule has 0 heterocycles. The first-order valence-electron chi connectivity index (χ1n) is 8.83. The van der Waals surface area contributed by atoms with E-state index in [1.807, 2.05) is 24.3 Å². The minimum atomic E-state index is -3.21. The summed E-state index contributed by atoms with van der Waals surface area (Å²) in [5.41, 5.74) is 2.28. The van der Waals surface area contributed by atoms with Crippen LogP contribution in [-0.2, 0) is 28.6 Å². The van der Waals surface area contributed by atoms with Crippen molar-refractivity contribution in [3.63, 3.8) is 0 Å². The Hall–Kier alpha value is -2.61. The van der Waals surface area contributed by atoms with E-state index in [9.17, 15) is 12.8 Å². The predicted molar refractivity (Wildman–Crippen MR) is 110 cm³/mol. The summed E-state index contributed by atoms with van der Waals surface area (Å²) in [6.07, 6.45) is 1.93. The third-order valence-electron chi connectivity index (χ3n) is 4.10. The molecule has 2 aromatic carbocycles. The van der Waals surface area contributed by atoms with Crippen LogP contribution in [0.1, 0.15) is 16.7 Å². The summed E-state index contributed by atoms with van der Waals surface area (Å²) in [5, 5.41) is 6.29. The summed E-state index contributed by atoms with van der Waals surface area (Å²) < 4.78 is 42.0. The normalized spacial score (nSPS) is 11.9. The highest BCUT2D eigenvalue weighted by molar-refractivity contribution is 7.89. The predicted octanol–water partition coefficient (Wildman–Crippen LogP) is 2.29. The summed E-state index contributed by atoms with van der Waals surface area (Å²) in [5.74, 6) is 0.823. The van der Waals surface area contributed by atoms with Crippen molar-refractivity contribution < 1.29 is 17.5 Å². The third kappa shape index (κ3) is 7.19. The lowest BCUT2D eigenvalue weighted by Crippen LogP contribution is -2.38. The highest BCUT2D eigenvalue weighted by atomic mass is 32.2. The fourth-order valence-corrected chi connectivity index (χ4v) is 3.58. The molecule has 2 N–H and O–H groups in total. The van der Waals surface area contributed by atoms with E-state index < -0.39 is 15.7 Å². The van der Waals surface area contributed by atoms with E-state index in [0.717, 1.165) is 24.0 Å². The molecule has 0 aliphatic rings. The van der Waals surface area contributed by atoms with Gasteiger partial charge in [0.15, 0.2) is 15.8 Å². The molecule has 0 radical (unpaired) electrons. The minimum absolute atomic E-state index is 0.133. The zero-order chi connectivity index (χ0) is 20.6. The van der Waals surface area contributed by atoms with Crippen LogP contribution in [0.2, 0.25) is 0 Å². The maximum absolute atomic E-state index is 13.6. The van der Waals surface area contributed by atoms with Crippen molar-refractivity contribution in [3.05, 3.63) is 65.0 Å². The second-order valence-corrected chi connectivity index (χ2v) is 8.58. The molecule has 2 rings (SSSR count). The maximum Gasteiger partial charge on any atom is 0.191 e. The largest absolute Gasteiger partial charge is 0.497 e. The summed E-state index contributed by atoms with van der Waals surface area (Å²) in [4.78, 5) is 4.15. The number of guanidine groups is 1. The fourth-order valence-electron chi connectivity index (χ4n) is 2.74. The Morgan fingerprint density at radius 2 is 1.93 bits per heavy atom. The molecule has 6 nitrogen and oxygen atoms in total. The van der Waals surface area contributed by atoms with Gasteiger partial charge in [0.05, 0.1) is 12.9 Å². The van der Waals surface area contributed by atoms with Gasteiger partial charge in [-0.15, -0.1) is 0 Å². The lowest BCUT2D eigenvalue weighted by molar-refractivity contribution is 0.414. The van der Waals surface area contributed by atoms with Gasteiger partial charge >= 0.3 is 0 Å². The Labute approximate surface area is 165 Å². The molecule has 0 saturated carbocycles. The van der Waals surface area contributed by atoms with Gasteiger partial charge in [0.2, 0.25) is 0 Å². The van der Waals surface area contributed by atoms with Crippen LogP contribution in [-0.4, -0.2) is 41.3 Å². The molecule has 152 valence electrons. The Kier molecular flexibility index (Phi) is 7.80. The number of hydrogen-bond acceptors (Lipinski definition) is 4. The Bertz CT molecular complexity index is 930. The highest BCUT2D eigenvalue weighted by Crippen LogP contribution is 2.15. The van der Waals surface area contributed by atoms with Crippen LogP contribution in [0.4, 0.5) is 4.39 Å². The SMILES string of the molecule is CN=C(NCCc1cccc(OC)c1)NCc1cc(F)ccc1CS(C)(=O)=O. The van der Waals surface area contributed by atoms with E-state index in [2.05, 4.69) is 15.6 Å². The Balaban J connectivity index is 1.94. The van der Waals surface area contributed by atoms with Gasteiger partial charge in [-0.25, -0.2) is 12.8 Å². The number of nitrogens with zero attached hydrogens (tertiary/aromatic N) is 1. The second kappa shape index (κ2) is 10.1. The van der Waals surface area contributed by atoms with E-state index in [1.54, 1.807) is 14.2 Å². The summed E-state index contributed by atoms with van der Waals surface area (Å²) >= 11 is 0. The Morgan fingerprint density at radius 1 is 1.14 bits per heavy atom. The molecule has 2 aromatic rings. The van der Waals surface area contributed by atoms with Gasteiger partial charge in [-0.3, -0.25) is 4.99 Å². The molecule has 0 aliphatic carbocycles. The molecule has 0 aliphatic heterocycles. The molecule has 0 spiro atoms. The summed E-state index contributed by atoms with van der Waals surface area (Å²) in [6.45, 7) is 0.910. The van der Waals surface area contributed by atoms with Crippen molar-refractivity contribution in [2.45, 2.75) is 18.7 Å². The number of nitrogens with one attached hydrogen (secondary N) is 2. The minimum Gasteiger partial charge on any atom is -0.497 e. The Morgan fingerprint density at radius 3 is 2.61 bits per heavy atom. The molecular formula is C20H26FN3O3S. The number of halogens is 1. The van der Waals surface area contributed by atoms with E-state index in [4.69, 9.17) is 4.74 Å². The molecule has 0 bridgehead atoms. The quantitative estimate of drug-likeness (QED) is 0.518. The van der Waals surface area contributed by atoms with E-state index in [-0.39, 0.29) is 12.3 Å². The number of methoxy groups -OCH3 is 1. The monoisotopic (exact) mass is 407 g/mol. The standard InChI is InChI=1S/C20H26FN3O3S/c1-22-20(23-10-9-15-5-4-6-19(11-15)27-2)24-13-17-12-18(21)8-7-16(17)14-28(3,25)26/h4-8,11-12H,9-10,13-14H2,1-3H3,(H2,22,23,24). The number of benzene rings is 2. The number of aliphatic imine (C=N–C) groups is 1. The van der Waals surface area contributed by atoms with E-state index in [0.29, 0.717) is 23.6 Å². The van der Waals surface area contributed by atoms with Gasteiger partial charge in [0.25, 0.3) is 0 Å². The van der Waals surface area contributed by atoms with Crippen molar-refractivity contribution in [2.24, 2.45) is 4.99 Å². The first kappa shape index (κ1) is 21.7. The second-order valence-electron chi connectivity index (χ2n) is 6.44. The van der Waals surface area contributed by atoms with Gasteiger partial charge in [-0.1, -0.05) is 18.2 Å². The van der Waals surface area contributed by atoms with Gasteiger partial charge < -0.3 is 15.4 Å². The molecule has 0 fully saturated rings. The lowest BCUT2D eigenvalue weighted by atomic mass is 10.1. The average molecular weight is 408 g/mol. The molecule has 8 heteroatoms. The van der Waals surface area contributed by atoms with E-state index in [1.165, 1.54) is 18.2 Å². The van der Waals surface area contributed by atoms with Gasteiger partial charge in [-0.2, -0.15) is 0 Å². The van der Waals surface area contributed by atoms with Crippen molar-refractivity contribution >= 4 is 15.8 Å². The average Bonchev–Trinajstić information content (AvgIpc) is 2.65. The zero-order valence-corrected chi connectivity index (χ0v) is 17.1. The van der Waals surface area contributed by atoms with Gasteiger partial charge in [0, 0.05) is 26.4 Å². The van der Waals surface area contributed by atoms with Crippen LogP contribution < -0.4 is 15.4 Å². The number of ether oxygens (including phenoxy) is 1. The van der Waals surface area contributed by atoms with Crippen LogP contribution in [0, 0.1) is 5.82 Å². The summed E-state index contributed by atoms with van der Waals surface area (Å²) in [7, 11) is 0.0617. The molecule has 0 amide bonds. The van der Waals surface area contributed by atoms with Crippen LogP contribution in [0.3, 0.4) is 0 Å². The third-order valence-corrected chi connectivity index (χ3v) is 4.93. The number of sulfone groups is 1. The number of hydrogen-bond donors (Lipinski definition) is 2. The first-order chi connectivity index (χ1) is 13.3. The molecule has 0 aromatic heterocycles. The molecular weight excluding hydrogens is 381 g/mol. The smallest absolute Gasteiger partial charge is 0.191 e. The van der Waals surface area contributed by atoms with Crippen molar-refractivity contribution in [1.82, 2.24) is 10.6 Å². The molecule has 28 heavy (non-hydrogen) atoms. The lowest BCUT2D eigenvalue weighted by Gasteiger charge is -2.14.